The second-order valence-corrected chi connectivity index (χ2v) is 3.48. The molecule has 72 valence electrons. The normalized spacial score (nSPS) is 18.9. The lowest BCUT2D eigenvalue weighted by atomic mass is 9.77. The standard InChI is InChI=1S/C12H13NO/c1-2-12(14)13-8-10-7-9-5-3-4-6-11(9)10/h2-6,10H,1,7-8H2,(H,13,14)/i/hD. The fourth-order valence-electron chi connectivity index (χ4n) is 1.79. The molecule has 0 spiro atoms. The minimum Gasteiger partial charge on any atom is -0.352 e. The van der Waals surface area contributed by atoms with E-state index in [-0.39, 0.29) is 5.91 Å². The van der Waals surface area contributed by atoms with Gasteiger partial charge < -0.3 is 5.31 Å². The zero-order valence-electron chi connectivity index (χ0n) is 8.94. The van der Waals surface area contributed by atoms with Gasteiger partial charge in [0, 0.05) is 12.5 Å². The number of hydrogen-bond donors (Lipinski definition) is 1. The van der Waals surface area contributed by atoms with E-state index in [1.54, 1.807) is 0 Å². The van der Waals surface area contributed by atoms with Gasteiger partial charge in [-0.25, -0.2) is 0 Å². The predicted molar refractivity (Wildman–Crippen MR) is 56.1 cm³/mol. The van der Waals surface area contributed by atoms with Crippen LogP contribution < -0.4 is 5.31 Å². The maximum Gasteiger partial charge on any atom is 0.243 e. The first-order valence-electron chi connectivity index (χ1n) is 5.17. The molecule has 0 radical (unpaired) electrons. The van der Waals surface area contributed by atoms with Gasteiger partial charge in [-0.05, 0) is 23.6 Å². The van der Waals surface area contributed by atoms with Crippen LogP contribution in [0.3, 0.4) is 0 Å². The van der Waals surface area contributed by atoms with E-state index in [1.165, 1.54) is 17.2 Å². The minimum atomic E-state index is -0.334. The first-order valence-corrected chi connectivity index (χ1v) is 4.73. The van der Waals surface area contributed by atoms with E-state index in [0.29, 0.717) is 12.5 Å². The maximum atomic E-state index is 11.1. The molecule has 1 N–H and O–H groups in total. The SMILES string of the molecule is [2H]N(CC1Cc2ccccc21)C(=O)C=C. The van der Waals surface area contributed by atoms with E-state index < -0.39 is 0 Å². The average Bonchev–Trinajstić information content (AvgIpc) is 2.24. The maximum absolute atomic E-state index is 11.1. The molecule has 0 heterocycles. The van der Waals surface area contributed by atoms with Crippen molar-refractivity contribution in [1.82, 2.24) is 5.31 Å². The summed E-state index contributed by atoms with van der Waals surface area (Å²) in [4.78, 5) is 11.1. The first-order chi connectivity index (χ1) is 7.22. The fourth-order valence-corrected chi connectivity index (χ4v) is 1.79. The average molecular weight is 188 g/mol. The molecule has 0 saturated carbocycles. The number of benzene rings is 1. The molecule has 1 aliphatic rings. The second kappa shape index (κ2) is 3.66. The number of carbonyl (C=O) groups is 1. The molecule has 1 aromatic carbocycles. The van der Waals surface area contributed by atoms with Gasteiger partial charge in [0.1, 0.15) is 0 Å². The van der Waals surface area contributed by atoms with E-state index >= 15 is 0 Å². The van der Waals surface area contributed by atoms with Crippen molar-refractivity contribution >= 4 is 5.91 Å². The van der Waals surface area contributed by atoms with Gasteiger partial charge in [-0.15, -0.1) is 0 Å². The molecule has 0 aromatic heterocycles. The predicted octanol–water partition coefficient (Wildman–Crippen LogP) is 1.63. The van der Waals surface area contributed by atoms with Gasteiger partial charge >= 0.3 is 0 Å². The highest BCUT2D eigenvalue weighted by Gasteiger charge is 2.24. The van der Waals surface area contributed by atoms with Crippen molar-refractivity contribution in [2.24, 2.45) is 0 Å². The van der Waals surface area contributed by atoms with Crippen molar-refractivity contribution in [1.29, 1.82) is 0 Å². The number of amides is 1. The largest absolute Gasteiger partial charge is 0.352 e. The van der Waals surface area contributed by atoms with Crippen LogP contribution in [-0.2, 0) is 11.2 Å². The lowest BCUT2D eigenvalue weighted by molar-refractivity contribution is -0.116. The molecule has 0 saturated heterocycles. The van der Waals surface area contributed by atoms with Crippen LogP contribution in [0.25, 0.3) is 0 Å². The Morgan fingerprint density at radius 1 is 1.71 bits per heavy atom. The van der Waals surface area contributed by atoms with Gasteiger partial charge in [-0.3, -0.25) is 4.79 Å². The Labute approximate surface area is 85.1 Å². The summed E-state index contributed by atoms with van der Waals surface area (Å²) in [6, 6.07) is 8.17. The molecule has 2 nitrogen and oxygen atoms in total. The topological polar surface area (TPSA) is 29.1 Å². The van der Waals surface area contributed by atoms with Crippen molar-refractivity contribution in [2.45, 2.75) is 12.3 Å². The van der Waals surface area contributed by atoms with Gasteiger partial charge in [0.05, 0.1) is 0 Å². The Morgan fingerprint density at radius 2 is 2.50 bits per heavy atom. The molecule has 1 aliphatic carbocycles. The van der Waals surface area contributed by atoms with Crippen molar-refractivity contribution in [2.75, 3.05) is 6.54 Å². The number of hydrogen-bond acceptors (Lipinski definition) is 1. The second-order valence-electron chi connectivity index (χ2n) is 3.48. The van der Waals surface area contributed by atoms with Gasteiger partial charge in [0.2, 0.25) is 5.91 Å². The van der Waals surface area contributed by atoms with Crippen LogP contribution >= 0.6 is 0 Å². The third-order valence-electron chi connectivity index (χ3n) is 2.60. The lowest BCUT2D eigenvalue weighted by Gasteiger charge is -2.29. The molecule has 2 heteroatoms. The Hall–Kier alpha value is -1.57. The summed E-state index contributed by atoms with van der Waals surface area (Å²) in [6.45, 7) is 3.83. The van der Waals surface area contributed by atoms with Crippen LogP contribution in [0.2, 0.25) is 1.41 Å². The molecule has 14 heavy (non-hydrogen) atoms. The monoisotopic (exact) mass is 188 g/mol. The number of nitrogens with one attached hydrogen (secondary N) is 1. The Balaban J connectivity index is 2.00. The number of rotatable bonds is 3. The highest BCUT2D eigenvalue weighted by atomic mass is 16.1. The summed E-state index contributed by atoms with van der Waals surface area (Å²) >= 11 is 0. The van der Waals surface area contributed by atoms with Gasteiger partial charge in [-0.2, -0.15) is 0 Å². The van der Waals surface area contributed by atoms with Crippen LogP contribution in [0.15, 0.2) is 36.9 Å². The summed E-state index contributed by atoms with van der Waals surface area (Å²) in [6.07, 6.45) is 2.15. The molecule has 1 aromatic rings. The Kier molecular flexibility index (Phi) is 2.04. The highest BCUT2D eigenvalue weighted by molar-refractivity contribution is 5.86. The van der Waals surface area contributed by atoms with Crippen LogP contribution in [0.4, 0.5) is 0 Å². The molecule has 1 unspecified atom stereocenters. The van der Waals surface area contributed by atoms with Crippen LogP contribution in [-0.4, -0.2) is 12.5 Å². The molecule has 0 bridgehead atoms. The number of fused-ring (bicyclic) bond motifs is 1. The molecule has 0 fully saturated rings. The summed E-state index contributed by atoms with van der Waals surface area (Å²) in [5, 5.41) is 0.980. The number of carbonyl (C=O) groups excluding carboxylic acids is 1. The third-order valence-corrected chi connectivity index (χ3v) is 2.60. The summed E-state index contributed by atoms with van der Waals surface area (Å²) in [7, 11) is 0. The van der Waals surface area contributed by atoms with E-state index in [9.17, 15) is 4.79 Å². The molecule has 1 amide bonds. The van der Waals surface area contributed by atoms with Crippen LogP contribution in [0.5, 0.6) is 0 Å². The molecule has 1 atom stereocenters. The van der Waals surface area contributed by atoms with Crippen LogP contribution in [0.1, 0.15) is 17.0 Å². The third kappa shape index (κ3) is 1.55. The van der Waals surface area contributed by atoms with E-state index in [1.807, 2.05) is 12.1 Å². The van der Waals surface area contributed by atoms with E-state index in [0.717, 1.165) is 11.7 Å². The molecular weight excluding hydrogens is 174 g/mol. The van der Waals surface area contributed by atoms with Gasteiger partial charge in [0.25, 0.3) is 0 Å². The fraction of sp³-hybridized carbons (Fsp3) is 0.250. The zero-order chi connectivity index (χ0) is 10.8. The van der Waals surface area contributed by atoms with Crippen molar-refractivity contribution in [3.8, 4) is 0 Å². The minimum absolute atomic E-state index is 0.322. The quantitative estimate of drug-likeness (QED) is 0.718. The Bertz CT molecular complexity index is 402. The lowest BCUT2D eigenvalue weighted by Crippen LogP contribution is -2.32. The molecule has 0 aliphatic heterocycles. The van der Waals surface area contributed by atoms with Crippen molar-refractivity contribution in [3.05, 3.63) is 48.0 Å². The van der Waals surface area contributed by atoms with Crippen molar-refractivity contribution < 1.29 is 6.21 Å². The van der Waals surface area contributed by atoms with E-state index in [2.05, 4.69) is 18.7 Å². The first kappa shape index (κ1) is 7.80. The van der Waals surface area contributed by atoms with E-state index in [4.69, 9.17) is 1.41 Å². The van der Waals surface area contributed by atoms with Gasteiger partial charge in [-0.1, -0.05) is 30.8 Å². The summed E-state index contributed by atoms with van der Waals surface area (Å²) in [5.41, 5.74) is 2.61. The highest BCUT2D eigenvalue weighted by Crippen LogP contribution is 2.33. The van der Waals surface area contributed by atoms with Crippen LogP contribution in [0, 0.1) is 0 Å². The van der Waals surface area contributed by atoms with Gasteiger partial charge in [0.15, 0.2) is 1.41 Å². The smallest absolute Gasteiger partial charge is 0.243 e. The summed E-state index contributed by atoms with van der Waals surface area (Å²) in [5.74, 6) is -0.0121. The molecule has 2 rings (SSSR count). The Morgan fingerprint density at radius 3 is 3.21 bits per heavy atom. The zero-order valence-corrected chi connectivity index (χ0v) is 7.94. The molecular formula is C12H13NO. The summed E-state index contributed by atoms with van der Waals surface area (Å²) < 4.78 is 7.50. The van der Waals surface area contributed by atoms with Crippen molar-refractivity contribution in [3.63, 3.8) is 0 Å².